The highest BCUT2D eigenvalue weighted by Crippen LogP contribution is 2.31. The van der Waals surface area contributed by atoms with Gasteiger partial charge in [0.25, 0.3) is 0 Å². The van der Waals surface area contributed by atoms with Gasteiger partial charge in [-0.3, -0.25) is 4.79 Å². The quantitative estimate of drug-likeness (QED) is 0.609. The van der Waals surface area contributed by atoms with Crippen LogP contribution in [0.2, 0.25) is 0 Å². The SMILES string of the molecule is COc1ccc(CCNC(=O)C=C(C)c2cccc3occ(N)c23)cc1OC. The maximum Gasteiger partial charge on any atom is 0.244 e. The molecule has 0 unspecified atom stereocenters. The van der Waals surface area contributed by atoms with Crippen LogP contribution in [0.4, 0.5) is 5.69 Å². The van der Waals surface area contributed by atoms with Gasteiger partial charge < -0.3 is 24.9 Å². The van der Waals surface area contributed by atoms with Crippen molar-refractivity contribution in [2.45, 2.75) is 13.3 Å². The third-order valence-electron chi connectivity index (χ3n) is 4.56. The average Bonchev–Trinajstić information content (AvgIpc) is 3.09. The van der Waals surface area contributed by atoms with E-state index in [1.54, 1.807) is 20.3 Å². The predicted octanol–water partition coefficient (Wildman–Crippen LogP) is 3.79. The molecule has 6 heteroatoms. The second-order valence-electron chi connectivity index (χ2n) is 6.43. The second kappa shape index (κ2) is 8.52. The van der Waals surface area contributed by atoms with Gasteiger partial charge in [0.05, 0.1) is 25.3 Å². The summed E-state index contributed by atoms with van der Waals surface area (Å²) in [5, 5.41) is 3.74. The van der Waals surface area contributed by atoms with Crippen molar-refractivity contribution in [2.75, 3.05) is 26.5 Å². The fourth-order valence-corrected chi connectivity index (χ4v) is 3.13. The minimum atomic E-state index is -0.156. The highest BCUT2D eigenvalue weighted by atomic mass is 16.5. The van der Waals surface area contributed by atoms with Crippen LogP contribution < -0.4 is 20.5 Å². The van der Waals surface area contributed by atoms with Crippen LogP contribution in [-0.2, 0) is 11.2 Å². The summed E-state index contributed by atoms with van der Waals surface area (Å²) in [5.41, 5.74) is 10.0. The molecule has 0 bridgehead atoms. The molecule has 1 aromatic heterocycles. The largest absolute Gasteiger partial charge is 0.493 e. The summed E-state index contributed by atoms with van der Waals surface area (Å²) >= 11 is 0. The number of rotatable bonds is 7. The van der Waals surface area contributed by atoms with Gasteiger partial charge in [-0.15, -0.1) is 0 Å². The number of anilines is 1. The molecule has 0 aliphatic heterocycles. The van der Waals surface area contributed by atoms with E-state index < -0.39 is 0 Å². The molecule has 0 spiro atoms. The summed E-state index contributed by atoms with van der Waals surface area (Å²) in [5.74, 6) is 1.20. The standard InChI is InChI=1S/C22H24N2O4/c1-14(16-5-4-6-19-22(16)17(23)13-28-19)11-21(25)24-10-9-15-7-8-18(26-2)20(12-15)27-3/h4-8,11-13H,9-10,23H2,1-3H3,(H,24,25). The Bertz CT molecular complexity index is 1020. The molecule has 0 saturated heterocycles. The fraction of sp³-hybridized carbons (Fsp3) is 0.227. The number of methoxy groups -OCH3 is 2. The van der Waals surface area contributed by atoms with E-state index in [9.17, 15) is 4.79 Å². The molecule has 6 nitrogen and oxygen atoms in total. The van der Waals surface area contributed by atoms with Crippen molar-refractivity contribution < 1.29 is 18.7 Å². The van der Waals surface area contributed by atoms with Crippen LogP contribution >= 0.6 is 0 Å². The van der Waals surface area contributed by atoms with Crippen LogP contribution in [0, 0.1) is 0 Å². The molecule has 0 saturated carbocycles. The zero-order valence-corrected chi connectivity index (χ0v) is 16.2. The molecule has 0 fully saturated rings. The van der Waals surface area contributed by atoms with E-state index in [0.29, 0.717) is 35.7 Å². The first-order valence-corrected chi connectivity index (χ1v) is 8.96. The molecule has 28 heavy (non-hydrogen) atoms. The normalized spacial score (nSPS) is 11.5. The molecule has 1 amide bonds. The molecule has 3 aromatic rings. The molecule has 0 radical (unpaired) electrons. The minimum Gasteiger partial charge on any atom is -0.493 e. The molecule has 3 N–H and O–H groups in total. The summed E-state index contributed by atoms with van der Waals surface area (Å²) in [6.45, 7) is 2.39. The summed E-state index contributed by atoms with van der Waals surface area (Å²) < 4.78 is 16.0. The first kappa shape index (κ1) is 19.4. The lowest BCUT2D eigenvalue weighted by atomic mass is 10.0. The topological polar surface area (TPSA) is 86.7 Å². The van der Waals surface area contributed by atoms with E-state index in [1.165, 1.54) is 6.26 Å². The Hall–Kier alpha value is -3.41. The minimum absolute atomic E-state index is 0.156. The Labute approximate surface area is 163 Å². The first-order valence-electron chi connectivity index (χ1n) is 8.96. The summed E-state index contributed by atoms with van der Waals surface area (Å²) in [6.07, 6.45) is 3.78. The molecule has 0 atom stereocenters. The van der Waals surface area contributed by atoms with Gasteiger partial charge in [0, 0.05) is 12.6 Å². The molecule has 1 heterocycles. The van der Waals surface area contributed by atoms with Crippen molar-refractivity contribution >= 4 is 28.1 Å². The third-order valence-corrected chi connectivity index (χ3v) is 4.56. The lowest BCUT2D eigenvalue weighted by molar-refractivity contribution is -0.116. The van der Waals surface area contributed by atoms with E-state index >= 15 is 0 Å². The van der Waals surface area contributed by atoms with Crippen molar-refractivity contribution in [1.29, 1.82) is 0 Å². The van der Waals surface area contributed by atoms with Crippen LogP contribution in [0.25, 0.3) is 16.5 Å². The van der Waals surface area contributed by atoms with E-state index in [-0.39, 0.29) is 5.91 Å². The fourth-order valence-electron chi connectivity index (χ4n) is 3.13. The van der Waals surface area contributed by atoms with E-state index in [4.69, 9.17) is 19.6 Å². The van der Waals surface area contributed by atoms with E-state index in [1.807, 2.05) is 43.3 Å². The van der Waals surface area contributed by atoms with Gasteiger partial charge in [0.1, 0.15) is 11.8 Å². The highest BCUT2D eigenvalue weighted by Gasteiger charge is 2.10. The van der Waals surface area contributed by atoms with Gasteiger partial charge in [-0.05, 0) is 48.2 Å². The second-order valence-corrected chi connectivity index (χ2v) is 6.43. The Morgan fingerprint density at radius 2 is 1.96 bits per heavy atom. The van der Waals surface area contributed by atoms with Crippen molar-refractivity contribution in [3.8, 4) is 11.5 Å². The first-order chi connectivity index (χ1) is 13.5. The number of nitrogen functional groups attached to an aromatic ring is 1. The number of furan rings is 1. The van der Waals surface area contributed by atoms with Crippen molar-refractivity contribution in [3.05, 3.63) is 59.9 Å². The number of carbonyl (C=O) groups excluding carboxylic acids is 1. The molecular weight excluding hydrogens is 356 g/mol. The number of benzene rings is 2. The number of allylic oxidation sites excluding steroid dienone is 1. The molecule has 146 valence electrons. The van der Waals surface area contributed by atoms with Gasteiger partial charge in [-0.2, -0.15) is 0 Å². The highest BCUT2D eigenvalue weighted by molar-refractivity contribution is 6.03. The van der Waals surface area contributed by atoms with Gasteiger partial charge >= 0.3 is 0 Å². The zero-order valence-electron chi connectivity index (χ0n) is 16.2. The van der Waals surface area contributed by atoms with Crippen LogP contribution in [0.3, 0.4) is 0 Å². The molecule has 3 rings (SSSR count). The Balaban J connectivity index is 1.64. The van der Waals surface area contributed by atoms with Crippen LogP contribution in [0.15, 0.2) is 53.2 Å². The summed E-state index contributed by atoms with van der Waals surface area (Å²) in [6, 6.07) is 11.4. The summed E-state index contributed by atoms with van der Waals surface area (Å²) in [7, 11) is 3.20. The lowest BCUT2D eigenvalue weighted by Crippen LogP contribution is -2.23. The number of nitrogens with two attached hydrogens (primary N) is 1. The smallest absolute Gasteiger partial charge is 0.244 e. The van der Waals surface area contributed by atoms with Gasteiger partial charge in [-0.1, -0.05) is 18.2 Å². The van der Waals surface area contributed by atoms with Gasteiger partial charge in [-0.25, -0.2) is 0 Å². The van der Waals surface area contributed by atoms with Gasteiger partial charge in [0.15, 0.2) is 11.5 Å². The van der Waals surface area contributed by atoms with Crippen molar-refractivity contribution in [1.82, 2.24) is 5.32 Å². The number of amides is 1. The number of ether oxygens (including phenoxy) is 2. The lowest BCUT2D eigenvalue weighted by Gasteiger charge is -2.10. The van der Waals surface area contributed by atoms with Crippen LogP contribution in [0.1, 0.15) is 18.1 Å². The Morgan fingerprint density at radius 1 is 1.18 bits per heavy atom. The third kappa shape index (κ3) is 4.11. The van der Waals surface area contributed by atoms with Gasteiger partial charge in [0.2, 0.25) is 5.91 Å². The number of carbonyl (C=O) groups is 1. The maximum absolute atomic E-state index is 12.3. The van der Waals surface area contributed by atoms with Crippen molar-refractivity contribution in [3.63, 3.8) is 0 Å². The van der Waals surface area contributed by atoms with Crippen LogP contribution in [0.5, 0.6) is 11.5 Å². The Morgan fingerprint density at radius 3 is 2.71 bits per heavy atom. The van der Waals surface area contributed by atoms with Crippen LogP contribution in [-0.4, -0.2) is 26.7 Å². The van der Waals surface area contributed by atoms with Crippen molar-refractivity contribution in [2.24, 2.45) is 0 Å². The summed E-state index contributed by atoms with van der Waals surface area (Å²) in [4.78, 5) is 12.3. The van der Waals surface area contributed by atoms with E-state index in [2.05, 4.69) is 5.32 Å². The Kier molecular flexibility index (Phi) is 5.89. The molecular formula is C22H24N2O4. The monoisotopic (exact) mass is 380 g/mol. The zero-order chi connectivity index (χ0) is 20.1. The maximum atomic E-state index is 12.3. The molecule has 0 aliphatic carbocycles. The van der Waals surface area contributed by atoms with E-state index in [0.717, 1.165) is 22.1 Å². The molecule has 2 aromatic carbocycles. The number of hydrogen-bond donors (Lipinski definition) is 2. The number of nitrogens with one attached hydrogen (secondary N) is 1. The number of fused-ring (bicyclic) bond motifs is 1. The molecule has 0 aliphatic rings. The number of hydrogen-bond acceptors (Lipinski definition) is 5. The predicted molar refractivity (Wildman–Crippen MR) is 111 cm³/mol. The average molecular weight is 380 g/mol.